The Balaban J connectivity index is 0.890. The van der Waals surface area contributed by atoms with Crippen LogP contribution >= 0.6 is 11.3 Å². The summed E-state index contributed by atoms with van der Waals surface area (Å²) in [5.74, 6) is 0. The lowest BCUT2D eigenvalue weighted by atomic mass is 9.86. The van der Waals surface area contributed by atoms with Gasteiger partial charge in [0.1, 0.15) is 0 Å². The fourth-order valence-corrected chi connectivity index (χ4v) is 12.7. The fraction of sp³-hybridized carbons (Fsp3) is 0. The van der Waals surface area contributed by atoms with Gasteiger partial charge in [0.05, 0.1) is 0 Å². The molecule has 0 aliphatic carbocycles. The van der Waals surface area contributed by atoms with E-state index in [4.69, 9.17) is 0 Å². The molecule has 15 rings (SSSR count). The van der Waals surface area contributed by atoms with E-state index in [1.165, 1.54) is 151 Å². The normalized spacial score (nSPS) is 12.3. The van der Waals surface area contributed by atoms with Gasteiger partial charge in [-0.25, -0.2) is 0 Å². The molecular weight excluding hydrogens is 801 g/mol. The highest BCUT2D eigenvalue weighted by Gasteiger charge is 2.19. The monoisotopic (exact) mass is 836 g/mol. The maximum atomic E-state index is 2.45. The highest BCUT2D eigenvalue weighted by Crippen LogP contribution is 2.47. The minimum absolute atomic E-state index is 1.25. The van der Waals surface area contributed by atoms with Crippen molar-refractivity contribution in [2.45, 2.75) is 0 Å². The summed E-state index contributed by atoms with van der Waals surface area (Å²) < 4.78 is 2.63. The predicted octanol–water partition coefficient (Wildman–Crippen LogP) is 18.8. The summed E-state index contributed by atoms with van der Waals surface area (Å²) >= 11 is 1.89. The van der Waals surface area contributed by atoms with Gasteiger partial charge in [-0.15, -0.1) is 11.3 Å². The number of hydrogen-bond acceptors (Lipinski definition) is 1. The maximum Gasteiger partial charge on any atom is 0.0355 e. The molecule has 0 radical (unpaired) electrons. The summed E-state index contributed by atoms with van der Waals surface area (Å²) in [7, 11) is 0. The summed E-state index contributed by atoms with van der Waals surface area (Å²) in [6.07, 6.45) is 0. The van der Waals surface area contributed by atoms with Crippen LogP contribution in [0.2, 0.25) is 0 Å². The highest BCUT2D eigenvalue weighted by molar-refractivity contribution is 7.25. The van der Waals surface area contributed by atoms with Crippen LogP contribution in [-0.4, -0.2) is 0 Å². The van der Waals surface area contributed by atoms with Crippen molar-refractivity contribution in [3.8, 4) is 44.5 Å². The molecule has 0 aliphatic rings. The number of fused-ring (bicyclic) bond motifs is 5. The topological polar surface area (TPSA) is 0 Å². The second-order valence-corrected chi connectivity index (χ2v) is 19.0. The summed E-state index contributed by atoms with van der Waals surface area (Å²) in [4.78, 5) is 0. The average Bonchev–Trinajstić information content (AvgIpc) is 3.74. The summed E-state index contributed by atoms with van der Waals surface area (Å²) in [5, 5.41) is 23.4. The zero-order chi connectivity index (χ0) is 42.3. The quantitative estimate of drug-likeness (QED) is 0.155. The molecule has 0 nitrogen and oxygen atoms in total. The van der Waals surface area contributed by atoms with Crippen LogP contribution in [0.3, 0.4) is 0 Å². The Hall–Kier alpha value is -8.10. The molecule has 1 aromatic heterocycles. The molecule has 0 aliphatic heterocycles. The molecule has 0 saturated heterocycles. The second-order valence-electron chi connectivity index (χ2n) is 17.9. The van der Waals surface area contributed by atoms with E-state index in [1.54, 1.807) is 0 Å². The van der Waals surface area contributed by atoms with E-state index in [2.05, 4.69) is 218 Å². The molecule has 0 amide bonds. The van der Waals surface area contributed by atoms with E-state index in [9.17, 15) is 0 Å². The SMILES string of the molecule is c1ccc2c(-c3ccc4ccc5c(-c6ccc7sc8ccc(-c9ccc%10ccc%11c(-c%12cccc%13ccccc%12%13)ccc%12ccc9c%10c%12%11)cc8c7c6)ccc6ccc3c4c65)cccc2c1. The Kier molecular flexibility index (Phi) is 7.19. The molecule has 0 spiro atoms. The Morgan fingerprint density at radius 1 is 0.200 bits per heavy atom. The van der Waals surface area contributed by atoms with Crippen LogP contribution in [0, 0.1) is 0 Å². The third kappa shape index (κ3) is 5.02. The van der Waals surface area contributed by atoms with Crippen LogP contribution in [0.15, 0.2) is 218 Å². The first-order valence-electron chi connectivity index (χ1n) is 22.6. The molecule has 298 valence electrons. The van der Waals surface area contributed by atoms with Crippen LogP contribution in [0.1, 0.15) is 0 Å². The Labute approximate surface area is 378 Å². The smallest absolute Gasteiger partial charge is 0.0355 e. The van der Waals surface area contributed by atoms with Gasteiger partial charge in [-0.2, -0.15) is 0 Å². The first-order chi connectivity index (χ1) is 32.2. The van der Waals surface area contributed by atoms with Gasteiger partial charge in [0.15, 0.2) is 0 Å². The molecule has 1 heteroatoms. The van der Waals surface area contributed by atoms with Crippen LogP contribution < -0.4 is 0 Å². The zero-order valence-corrected chi connectivity index (χ0v) is 36.0. The van der Waals surface area contributed by atoms with E-state index < -0.39 is 0 Å². The lowest BCUT2D eigenvalue weighted by molar-refractivity contribution is 1.69. The average molecular weight is 837 g/mol. The van der Waals surface area contributed by atoms with Gasteiger partial charge < -0.3 is 0 Å². The minimum Gasteiger partial charge on any atom is -0.135 e. The van der Waals surface area contributed by atoms with Crippen LogP contribution in [0.4, 0.5) is 0 Å². The second kappa shape index (κ2) is 13.2. The van der Waals surface area contributed by atoms with Crippen molar-refractivity contribution in [2.24, 2.45) is 0 Å². The number of rotatable bonds is 4. The van der Waals surface area contributed by atoms with Crippen molar-refractivity contribution < 1.29 is 0 Å². The lowest BCUT2D eigenvalue weighted by Crippen LogP contribution is -1.90. The number of benzene rings is 14. The van der Waals surface area contributed by atoms with Gasteiger partial charge >= 0.3 is 0 Å². The molecule has 14 aromatic carbocycles. The first kappa shape index (κ1) is 35.4. The van der Waals surface area contributed by atoms with Crippen LogP contribution in [0.25, 0.3) is 151 Å². The molecule has 1 heterocycles. The molecule has 0 saturated carbocycles. The zero-order valence-electron chi connectivity index (χ0n) is 35.2. The van der Waals surface area contributed by atoms with Gasteiger partial charge in [0.25, 0.3) is 0 Å². The predicted molar refractivity (Wildman–Crippen MR) is 283 cm³/mol. The Bertz CT molecular complexity index is 4170. The van der Waals surface area contributed by atoms with E-state index in [-0.39, 0.29) is 0 Å². The van der Waals surface area contributed by atoms with Crippen molar-refractivity contribution in [2.75, 3.05) is 0 Å². The molecule has 0 fully saturated rings. The summed E-state index contributed by atoms with van der Waals surface area (Å²) in [5.41, 5.74) is 10.2. The van der Waals surface area contributed by atoms with Crippen molar-refractivity contribution in [1.29, 1.82) is 0 Å². The first-order valence-corrected chi connectivity index (χ1v) is 23.4. The van der Waals surface area contributed by atoms with E-state index in [0.29, 0.717) is 0 Å². The van der Waals surface area contributed by atoms with Crippen LogP contribution in [0.5, 0.6) is 0 Å². The molecule has 0 atom stereocenters. The minimum atomic E-state index is 1.25. The van der Waals surface area contributed by atoms with Gasteiger partial charge in [-0.1, -0.05) is 194 Å². The van der Waals surface area contributed by atoms with Crippen LogP contribution in [-0.2, 0) is 0 Å². The third-order valence-electron chi connectivity index (χ3n) is 14.6. The highest BCUT2D eigenvalue weighted by atomic mass is 32.1. The Morgan fingerprint density at radius 3 is 0.969 bits per heavy atom. The van der Waals surface area contributed by atoms with E-state index >= 15 is 0 Å². The maximum absolute atomic E-state index is 2.45. The summed E-state index contributed by atoms with van der Waals surface area (Å²) in [6.45, 7) is 0. The van der Waals surface area contributed by atoms with Gasteiger partial charge in [0, 0.05) is 20.2 Å². The largest absolute Gasteiger partial charge is 0.135 e. The van der Waals surface area contributed by atoms with Crippen molar-refractivity contribution in [1.82, 2.24) is 0 Å². The van der Waals surface area contributed by atoms with Gasteiger partial charge in [0.2, 0.25) is 0 Å². The van der Waals surface area contributed by atoms with Crippen molar-refractivity contribution >= 4 is 118 Å². The molecule has 0 unspecified atom stereocenters. The molecule has 0 N–H and O–H groups in total. The number of hydrogen-bond donors (Lipinski definition) is 0. The van der Waals surface area contributed by atoms with Gasteiger partial charge in [-0.05, 0) is 155 Å². The Morgan fingerprint density at radius 2 is 0.538 bits per heavy atom. The van der Waals surface area contributed by atoms with E-state index in [1.807, 2.05) is 11.3 Å². The lowest BCUT2D eigenvalue weighted by Gasteiger charge is -2.17. The molecule has 0 bridgehead atoms. The molecular formula is C64H36S. The fourth-order valence-electron chi connectivity index (χ4n) is 11.6. The summed E-state index contributed by atoms with van der Waals surface area (Å²) in [6, 6.07) is 82.4. The van der Waals surface area contributed by atoms with Gasteiger partial charge in [-0.3, -0.25) is 0 Å². The van der Waals surface area contributed by atoms with E-state index in [0.717, 1.165) is 0 Å². The van der Waals surface area contributed by atoms with Crippen molar-refractivity contribution in [3.63, 3.8) is 0 Å². The molecule has 65 heavy (non-hydrogen) atoms. The number of thiophene rings is 1. The van der Waals surface area contributed by atoms with Crippen molar-refractivity contribution in [3.05, 3.63) is 218 Å². The third-order valence-corrected chi connectivity index (χ3v) is 15.7. The molecule has 15 aromatic rings. The standard InChI is InChI=1S/C64H36S/c1-3-11-45-37(7-1)9-5-13-49(45)51-27-17-41-19-29-53-47(25-15-39-21-31-55(51)63(41)61(39)53)43-23-33-59-57(35-43)58-36-44(24-34-60(58)65-59)48-26-16-40-22-32-56-52(28-18-42-20-30-54(48)62(40)64(42)56)50-14-6-10-38-8-2-4-12-46(38)50/h1-36H.